The molecule has 2 aliphatic rings. The molecule has 1 amide bonds. The summed E-state index contributed by atoms with van der Waals surface area (Å²) in [5.41, 5.74) is 0.865. The van der Waals surface area contributed by atoms with Crippen molar-refractivity contribution in [3.63, 3.8) is 0 Å². The van der Waals surface area contributed by atoms with E-state index in [2.05, 4.69) is 15.5 Å². The fourth-order valence-corrected chi connectivity index (χ4v) is 4.21. The molecule has 0 radical (unpaired) electrons. The van der Waals surface area contributed by atoms with Gasteiger partial charge in [0.2, 0.25) is 5.91 Å². The van der Waals surface area contributed by atoms with Gasteiger partial charge in [-0.2, -0.15) is 0 Å². The maximum absolute atomic E-state index is 12.5. The minimum Gasteiger partial charge on any atom is -0.495 e. The molecule has 5 nitrogen and oxygen atoms in total. The Kier molecular flexibility index (Phi) is 7.37. The number of piperazine rings is 1. The van der Waals surface area contributed by atoms with Gasteiger partial charge in [-0.15, -0.1) is 12.4 Å². The number of hydrogen-bond donors (Lipinski definition) is 2. The summed E-state index contributed by atoms with van der Waals surface area (Å²) < 4.78 is 5.14. The largest absolute Gasteiger partial charge is 0.495 e. The van der Waals surface area contributed by atoms with Crippen molar-refractivity contribution in [3.8, 4) is 5.75 Å². The lowest BCUT2D eigenvalue weighted by atomic mass is 9.79. The molecule has 1 saturated carbocycles. The van der Waals surface area contributed by atoms with Gasteiger partial charge in [-0.25, -0.2) is 0 Å². The predicted octanol–water partition coefficient (Wildman–Crippen LogP) is 3.32. The van der Waals surface area contributed by atoms with E-state index in [1.807, 2.05) is 6.07 Å². The lowest BCUT2D eigenvalue weighted by molar-refractivity contribution is -0.120. The lowest BCUT2D eigenvalue weighted by Gasteiger charge is -2.49. The highest BCUT2D eigenvalue weighted by atomic mass is 35.5. The summed E-state index contributed by atoms with van der Waals surface area (Å²) in [6.07, 6.45) is 6.19. The Balaban J connectivity index is 0.00000225. The first-order valence-corrected chi connectivity index (χ1v) is 9.10. The number of amides is 1. The van der Waals surface area contributed by atoms with Crippen molar-refractivity contribution in [1.82, 2.24) is 10.2 Å². The number of hydrogen-bond acceptors (Lipinski definition) is 4. The molecule has 7 heteroatoms. The maximum Gasteiger partial charge on any atom is 0.238 e. The molecule has 1 saturated heterocycles. The fraction of sp³-hybridized carbons (Fsp3) is 0.611. The number of benzene rings is 1. The number of carbonyl (C=O) groups excluding carboxylic acids is 1. The van der Waals surface area contributed by atoms with Crippen molar-refractivity contribution in [2.45, 2.75) is 37.6 Å². The molecular weight excluding hydrogens is 361 g/mol. The molecule has 0 atom stereocenters. The molecule has 25 heavy (non-hydrogen) atoms. The third kappa shape index (κ3) is 4.79. The van der Waals surface area contributed by atoms with Crippen molar-refractivity contribution in [1.29, 1.82) is 0 Å². The van der Waals surface area contributed by atoms with Crippen LogP contribution in [0.15, 0.2) is 18.2 Å². The van der Waals surface area contributed by atoms with Crippen LogP contribution in [0.1, 0.15) is 32.1 Å². The summed E-state index contributed by atoms with van der Waals surface area (Å²) in [5.74, 6) is 0.626. The molecular formula is C18H27Cl2N3O2. The summed E-state index contributed by atoms with van der Waals surface area (Å²) >= 11 is 6.13. The zero-order valence-electron chi connectivity index (χ0n) is 14.6. The van der Waals surface area contributed by atoms with Gasteiger partial charge in [0.1, 0.15) is 5.75 Å². The smallest absolute Gasteiger partial charge is 0.238 e. The van der Waals surface area contributed by atoms with E-state index in [1.54, 1.807) is 19.2 Å². The van der Waals surface area contributed by atoms with E-state index in [1.165, 1.54) is 32.1 Å². The van der Waals surface area contributed by atoms with Crippen molar-refractivity contribution in [2.75, 3.05) is 38.6 Å². The Hall–Kier alpha value is -1.01. The van der Waals surface area contributed by atoms with E-state index in [9.17, 15) is 4.79 Å². The van der Waals surface area contributed by atoms with E-state index < -0.39 is 0 Å². The highest BCUT2D eigenvalue weighted by molar-refractivity contribution is 6.32. The number of nitrogens with zero attached hydrogens (tertiary/aromatic N) is 1. The molecule has 0 unspecified atom stereocenters. The minimum atomic E-state index is 0. The lowest BCUT2D eigenvalue weighted by Crippen LogP contribution is -2.63. The summed E-state index contributed by atoms with van der Waals surface area (Å²) in [7, 11) is 1.58. The van der Waals surface area contributed by atoms with Gasteiger partial charge in [0, 0.05) is 30.9 Å². The Bertz CT molecular complexity index is 583. The van der Waals surface area contributed by atoms with Crippen LogP contribution < -0.4 is 15.4 Å². The molecule has 2 N–H and O–H groups in total. The summed E-state index contributed by atoms with van der Waals surface area (Å²) in [6.45, 7) is 3.31. The SMILES string of the molecule is COc1ccc(NC(=O)CN2CCNCC23CCCCC3)cc1Cl.Cl. The van der Waals surface area contributed by atoms with E-state index in [0.29, 0.717) is 23.0 Å². The molecule has 0 bridgehead atoms. The van der Waals surface area contributed by atoms with Crippen LogP contribution in [-0.4, -0.2) is 49.6 Å². The normalized spacial score (nSPS) is 19.9. The zero-order chi connectivity index (χ0) is 17.0. The van der Waals surface area contributed by atoms with Crippen LogP contribution in [0.4, 0.5) is 5.69 Å². The van der Waals surface area contributed by atoms with E-state index in [-0.39, 0.29) is 23.9 Å². The van der Waals surface area contributed by atoms with Gasteiger partial charge >= 0.3 is 0 Å². The Morgan fingerprint density at radius 1 is 1.36 bits per heavy atom. The third-order valence-electron chi connectivity index (χ3n) is 5.24. The highest BCUT2D eigenvalue weighted by Crippen LogP contribution is 2.34. The van der Waals surface area contributed by atoms with Crippen LogP contribution in [0.25, 0.3) is 0 Å². The number of nitrogens with one attached hydrogen (secondary N) is 2. The molecule has 1 aliphatic heterocycles. The van der Waals surface area contributed by atoms with Gasteiger partial charge in [-0.3, -0.25) is 9.69 Å². The number of halogens is 2. The van der Waals surface area contributed by atoms with Crippen LogP contribution in [-0.2, 0) is 4.79 Å². The quantitative estimate of drug-likeness (QED) is 0.831. The van der Waals surface area contributed by atoms with Gasteiger partial charge in [-0.05, 0) is 31.0 Å². The number of methoxy groups -OCH3 is 1. The first-order chi connectivity index (χ1) is 11.6. The number of ether oxygens (including phenoxy) is 1. The predicted molar refractivity (Wildman–Crippen MR) is 104 cm³/mol. The second-order valence-corrected chi connectivity index (χ2v) is 7.19. The van der Waals surface area contributed by atoms with Gasteiger partial charge in [0.05, 0.1) is 18.7 Å². The van der Waals surface area contributed by atoms with Gasteiger partial charge in [-0.1, -0.05) is 30.9 Å². The fourth-order valence-electron chi connectivity index (χ4n) is 3.95. The van der Waals surface area contributed by atoms with E-state index in [0.717, 1.165) is 19.6 Å². The second kappa shape index (κ2) is 9.08. The monoisotopic (exact) mass is 387 g/mol. The standard InChI is InChI=1S/C18H26ClN3O2.ClH/c1-24-16-6-5-14(11-15(16)19)21-17(23)12-22-10-9-20-13-18(22)7-3-2-4-8-18;/h5-6,11,20H,2-4,7-10,12-13H2,1H3,(H,21,23);1H. The topological polar surface area (TPSA) is 53.6 Å². The molecule has 1 heterocycles. The number of rotatable bonds is 4. The molecule has 1 aromatic rings. The summed E-state index contributed by atoms with van der Waals surface area (Å²) in [6, 6.07) is 5.31. The van der Waals surface area contributed by atoms with E-state index in [4.69, 9.17) is 16.3 Å². The first kappa shape index (κ1) is 20.3. The van der Waals surface area contributed by atoms with Crippen LogP contribution in [0.3, 0.4) is 0 Å². The maximum atomic E-state index is 12.5. The van der Waals surface area contributed by atoms with Crippen molar-refractivity contribution >= 4 is 35.6 Å². The zero-order valence-corrected chi connectivity index (χ0v) is 16.2. The van der Waals surface area contributed by atoms with Crippen molar-refractivity contribution in [3.05, 3.63) is 23.2 Å². The molecule has 140 valence electrons. The van der Waals surface area contributed by atoms with Crippen molar-refractivity contribution in [2.24, 2.45) is 0 Å². The highest BCUT2D eigenvalue weighted by Gasteiger charge is 2.40. The van der Waals surface area contributed by atoms with Gasteiger partial charge < -0.3 is 15.4 Å². The third-order valence-corrected chi connectivity index (χ3v) is 5.53. The summed E-state index contributed by atoms with van der Waals surface area (Å²) in [5, 5.41) is 6.98. The number of anilines is 1. The molecule has 2 fully saturated rings. The van der Waals surface area contributed by atoms with Crippen LogP contribution in [0, 0.1) is 0 Å². The first-order valence-electron chi connectivity index (χ1n) is 8.72. The molecule has 0 aromatic heterocycles. The molecule has 1 aliphatic carbocycles. The second-order valence-electron chi connectivity index (χ2n) is 6.78. The average Bonchev–Trinajstić information content (AvgIpc) is 2.58. The van der Waals surface area contributed by atoms with Gasteiger partial charge in [0.15, 0.2) is 0 Å². The van der Waals surface area contributed by atoms with Crippen LogP contribution in [0.2, 0.25) is 5.02 Å². The number of carbonyl (C=O) groups is 1. The molecule has 3 rings (SSSR count). The Morgan fingerprint density at radius 2 is 2.12 bits per heavy atom. The van der Waals surface area contributed by atoms with Crippen molar-refractivity contribution < 1.29 is 9.53 Å². The molecule has 1 spiro atoms. The molecule has 1 aromatic carbocycles. The minimum absolute atomic E-state index is 0. The Morgan fingerprint density at radius 3 is 2.80 bits per heavy atom. The average molecular weight is 388 g/mol. The van der Waals surface area contributed by atoms with Gasteiger partial charge in [0.25, 0.3) is 0 Å². The Labute approximate surface area is 160 Å². The summed E-state index contributed by atoms with van der Waals surface area (Å²) in [4.78, 5) is 14.9. The van der Waals surface area contributed by atoms with E-state index >= 15 is 0 Å². The van der Waals surface area contributed by atoms with Crippen LogP contribution >= 0.6 is 24.0 Å². The van der Waals surface area contributed by atoms with Crippen LogP contribution in [0.5, 0.6) is 5.75 Å².